The number of rotatable bonds is 3. The van der Waals surface area contributed by atoms with Gasteiger partial charge in [-0.1, -0.05) is 26.0 Å². The first-order valence-electron chi connectivity index (χ1n) is 5.54. The average molecular weight is 196 g/mol. The van der Waals surface area contributed by atoms with Gasteiger partial charge in [-0.05, 0) is 31.1 Å². The molecule has 1 aliphatic heterocycles. The molecule has 80 valence electrons. The Hall–Kier alpha value is -0.340. The minimum Gasteiger partial charge on any atom is -0.386 e. The zero-order valence-corrected chi connectivity index (χ0v) is 9.12. The lowest BCUT2D eigenvalue weighted by atomic mass is 9.75. The van der Waals surface area contributed by atoms with Crippen LogP contribution in [0.1, 0.15) is 39.5 Å². The van der Waals surface area contributed by atoms with Gasteiger partial charge in [-0.15, -0.1) is 0 Å². The van der Waals surface area contributed by atoms with Crippen molar-refractivity contribution in [3.8, 4) is 0 Å². The van der Waals surface area contributed by atoms with Gasteiger partial charge in [0.1, 0.15) is 0 Å². The Labute approximate surface area is 86.0 Å². The highest BCUT2D eigenvalue weighted by Crippen LogP contribution is 2.37. The van der Waals surface area contributed by atoms with E-state index in [0.717, 1.165) is 32.3 Å². The standard InChI is InChI=1S/C12H20O2/c1-11(2)5-7-12(13,8-6-11)4-3-10-9-14-10/h5,7,10,13H,3-4,6,8-9H2,1-2H3. The second-order valence-corrected chi connectivity index (χ2v) is 5.42. The number of hydrogen-bond acceptors (Lipinski definition) is 2. The van der Waals surface area contributed by atoms with Gasteiger partial charge in [0.2, 0.25) is 0 Å². The zero-order valence-electron chi connectivity index (χ0n) is 9.12. The lowest BCUT2D eigenvalue weighted by Gasteiger charge is -2.34. The molecule has 2 atom stereocenters. The van der Waals surface area contributed by atoms with Gasteiger partial charge in [0, 0.05) is 0 Å². The molecule has 0 amide bonds. The lowest BCUT2D eigenvalue weighted by molar-refractivity contribution is 0.0483. The normalized spacial score (nSPS) is 39.8. The SMILES string of the molecule is CC1(C)C=CC(O)(CCC2CO2)CC1. The van der Waals surface area contributed by atoms with Crippen LogP contribution in [0.5, 0.6) is 0 Å². The molecule has 0 aromatic heterocycles. The first kappa shape index (κ1) is 10.2. The minimum absolute atomic E-state index is 0.266. The van der Waals surface area contributed by atoms with E-state index in [2.05, 4.69) is 19.9 Å². The van der Waals surface area contributed by atoms with Crippen LogP contribution < -0.4 is 0 Å². The predicted molar refractivity (Wildman–Crippen MR) is 56.1 cm³/mol. The number of hydrogen-bond donors (Lipinski definition) is 1. The maximum Gasteiger partial charge on any atom is 0.0829 e. The molecule has 1 saturated heterocycles. The molecule has 2 nitrogen and oxygen atoms in total. The highest BCUT2D eigenvalue weighted by atomic mass is 16.6. The summed E-state index contributed by atoms with van der Waals surface area (Å²) in [5.41, 5.74) is -0.288. The van der Waals surface area contributed by atoms with E-state index >= 15 is 0 Å². The molecule has 0 bridgehead atoms. The van der Waals surface area contributed by atoms with Crippen molar-refractivity contribution in [2.75, 3.05) is 6.61 Å². The Morgan fingerprint density at radius 3 is 2.57 bits per heavy atom. The average Bonchev–Trinajstić information content (AvgIpc) is 2.92. The maximum absolute atomic E-state index is 10.2. The second-order valence-electron chi connectivity index (χ2n) is 5.42. The molecule has 1 N–H and O–H groups in total. The van der Waals surface area contributed by atoms with Crippen LogP contribution in [0.25, 0.3) is 0 Å². The third-order valence-electron chi connectivity index (χ3n) is 3.35. The van der Waals surface area contributed by atoms with Crippen LogP contribution in [0.2, 0.25) is 0 Å². The van der Waals surface area contributed by atoms with E-state index in [0.29, 0.717) is 6.10 Å². The van der Waals surface area contributed by atoms with Crippen LogP contribution in [-0.2, 0) is 4.74 Å². The third-order valence-corrected chi connectivity index (χ3v) is 3.35. The Kier molecular flexibility index (Phi) is 2.44. The lowest BCUT2D eigenvalue weighted by Crippen LogP contribution is -2.32. The summed E-state index contributed by atoms with van der Waals surface area (Å²) >= 11 is 0. The molecule has 0 aromatic rings. The van der Waals surface area contributed by atoms with Crippen molar-refractivity contribution in [2.45, 2.75) is 51.2 Å². The smallest absolute Gasteiger partial charge is 0.0829 e. The number of allylic oxidation sites excluding steroid dienone is 1. The second kappa shape index (κ2) is 3.35. The van der Waals surface area contributed by atoms with Crippen LogP contribution in [0.15, 0.2) is 12.2 Å². The first-order valence-corrected chi connectivity index (χ1v) is 5.54. The van der Waals surface area contributed by atoms with E-state index in [1.165, 1.54) is 0 Å². The molecule has 0 radical (unpaired) electrons. The fraction of sp³-hybridized carbons (Fsp3) is 0.833. The van der Waals surface area contributed by atoms with Gasteiger partial charge in [0.05, 0.1) is 18.3 Å². The molecule has 1 heterocycles. The summed E-state index contributed by atoms with van der Waals surface area (Å²) in [6.45, 7) is 5.32. The maximum atomic E-state index is 10.2. The Morgan fingerprint density at radius 1 is 1.36 bits per heavy atom. The van der Waals surface area contributed by atoms with Crippen LogP contribution in [0.3, 0.4) is 0 Å². The van der Waals surface area contributed by atoms with E-state index in [9.17, 15) is 5.11 Å². The minimum atomic E-state index is -0.554. The molecule has 0 spiro atoms. The van der Waals surface area contributed by atoms with E-state index in [-0.39, 0.29) is 5.41 Å². The van der Waals surface area contributed by atoms with Crippen LogP contribution in [-0.4, -0.2) is 23.4 Å². The van der Waals surface area contributed by atoms with Crippen molar-refractivity contribution in [1.82, 2.24) is 0 Å². The molecular weight excluding hydrogens is 176 g/mol. The van der Waals surface area contributed by atoms with Gasteiger partial charge >= 0.3 is 0 Å². The Bertz CT molecular complexity index is 241. The summed E-state index contributed by atoms with van der Waals surface area (Å²) in [4.78, 5) is 0. The molecule has 2 unspecified atom stereocenters. The number of epoxide rings is 1. The molecule has 1 fully saturated rings. The Morgan fingerprint density at radius 2 is 2.07 bits per heavy atom. The molecule has 0 saturated carbocycles. The fourth-order valence-corrected chi connectivity index (χ4v) is 1.94. The van der Waals surface area contributed by atoms with Crippen LogP contribution in [0, 0.1) is 5.41 Å². The Balaban J connectivity index is 1.89. The van der Waals surface area contributed by atoms with Crippen molar-refractivity contribution in [3.63, 3.8) is 0 Å². The quantitative estimate of drug-likeness (QED) is 0.555. The molecule has 1 aliphatic carbocycles. The van der Waals surface area contributed by atoms with Crippen molar-refractivity contribution >= 4 is 0 Å². The zero-order chi connectivity index (χ0) is 10.2. The summed E-state index contributed by atoms with van der Waals surface area (Å²) in [5, 5.41) is 10.2. The van der Waals surface area contributed by atoms with E-state index < -0.39 is 5.60 Å². The largest absolute Gasteiger partial charge is 0.386 e. The van der Waals surface area contributed by atoms with Crippen molar-refractivity contribution in [3.05, 3.63) is 12.2 Å². The summed E-state index contributed by atoms with van der Waals surface area (Å²) < 4.78 is 5.15. The van der Waals surface area contributed by atoms with E-state index in [4.69, 9.17) is 4.74 Å². The van der Waals surface area contributed by atoms with Crippen molar-refractivity contribution < 1.29 is 9.84 Å². The van der Waals surface area contributed by atoms with Gasteiger partial charge in [0.25, 0.3) is 0 Å². The summed E-state index contributed by atoms with van der Waals surface area (Å²) in [6.07, 6.45) is 8.41. The van der Waals surface area contributed by atoms with E-state index in [1.807, 2.05) is 6.08 Å². The highest BCUT2D eigenvalue weighted by molar-refractivity contribution is 5.11. The predicted octanol–water partition coefficient (Wildman–Crippen LogP) is 2.27. The summed E-state index contributed by atoms with van der Waals surface area (Å²) in [7, 11) is 0. The van der Waals surface area contributed by atoms with Crippen LogP contribution in [0.4, 0.5) is 0 Å². The molecule has 2 rings (SSSR count). The number of ether oxygens (including phenoxy) is 1. The van der Waals surface area contributed by atoms with Crippen molar-refractivity contribution in [1.29, 1.82) is 0 Å². The van der Waals surface area contributed by atoms with Gasteiger partial charge in [-0.2, -0.15) is 0 Å². The highest BCUT2D eigenvalue weighted by Gasteiger charge is 2.34. The van der Waals surface area contributed by atoms with Gasteiger partial charge in [0.15, 0.2) is 0 Å². The van der Waals surface area contributed by atoms with Crippen molar-refractivity contribution in [2.24, 2.45) is 5.41 Å². The number of aliphatic hydroxyl groups is 1. The fourth-order valence-electron chi connectivity index (χ4n) is 1.94. The molecule has 2 heteroatoms. The van der Waals surface area contributed by atoms with Gasteiger partial charge in [-0.3, -0.25) is 0 Å². The monoisotopic (exact) mass is 196 g/mol. The molecule has 14 heavy (non-hydrogen) atoms. The third kappa shape index (κ3) is 2.58. The van der Waals surface area contributed by atoms with Crippen LogP contribution >= 0.6 is 0 Å². The summed E-state index contributed by atoms with van der Waals surface area (Å²) in [5.74, 6) is 0. The molecular formula is C12H20O2. The van der Waals surface area contributed by atoms with E-state index in [1.54, 1.807) is 0 Å². The topological polar surface area (TPSA) is 32.8 Å². The molecule has 2 aliphatic rings. The first-order chi connectivity index (χ1) is 6.49. The summed E-state index contributed by atoms with van der Waals surface area (Å²) in [6, 6.07) is 0. The van der Waals surface area contributed by atoms with Gasteiger partial charge in [-0.25, -0.2) is 0 Å². The molecule has 0 aromatic carbocycles. The van der Waals surface area contributed by atoms with Gasteiger partial charge < -0.3 is 9.84 Å².